The maximum absolute atomic E-state index is 12.3. The first-order valence-electron chi connectivity index (χ1n) is 5.88. The van der Waals surface area contributed by atoms with Crippen molar-refractivity contribution in [3.05, 3.63) is 36.2 Å². The molecule has 0 spiro atoms. The highest BCUT2D eigenvalue weighted by Gasteiger charge is 2.20. The zero-order valence-electron chi connectivity index (χ0n) is 11.1. The van der Waals surface area contributed by atoms with Crippen molar-refractivity contribution in [2.75, 3.05) is 12.8 Å². The molecule has 7 nitrogen and oxygen atoms in total. The van der Waals surface area contributed by atoms with Crippen molar-refractivity contribution >= 4 is 15.7 Å². The second-order valence-corrected chi connectivity index (χ2v) is 5.99. The first-order chi connectivity index (χ1) is 9.44. The Kier molecular flexibility index (Phi) is 3.96. The van der Waals surface area contributed by atoms with Gasteiger partial charge in [-0.3, -0.25) is 5.10 Å². The second kappa shape index (κ2) is 5.51. The topological polar surface area (TPSA) is 110 Å². The van der Waals surface area contributed by atoms with E-state index in [1.807, 2.05) is 0 Å². The number of ether oxygens (including phenoxy) is 1. The molecule has 0 saturated carbocycles. The molecule has 2 aromatic rings. The average molecular weight is 296 g/mol. The SMILES string of the molecule is COc1cc(S(=O)(=O)NC(C)c2cn[nH]c2)ccc1N. The lowest BCUT2D eigenvalue weighted by atomic mass is 10.2. The monoisotopic (exact) mass is 296 g/mol. The molecule has 0 radical (unpaired) electrons. The molecule has 2 rings (SSSR count). The summed E-state index contributed by atoms with van der Waals surface area (Å²) in [5.41, 5.74) is 6.80. The maximum atomic E-state index is 12.3. The van der Waals surface area contributed by atoms with Gasteiger partial charge in [0, 0.05) is 23.9 Å². The number of rotatable bonds is 5. The molecule has 0 saturated heterocycles. The predicted octanol–water partition coefficient (Wildman–Crippen LogP) is 1.04. The van der Waals surface area contributed by atoms with Gasteiger partial charge in [0.1, 0.15) is 5.75 Å². The Morgan fingerprint density at radius 1 is 1.45 bits per heavy atom. The standard InChI is InChI=1S/C12H16N4O3S/c1-8(9-6-14-15-7-9)16-20(17,18)10-3-4-11(13)12(5-10)19-2/h3-8,16H,13H2,1-2H3,(H,14,15). The van der Waals surface area contributed by atoms with Crippen LogP contribution in [-0.4, -0.2) is 25.7 Å². The minimum Gasteiger partial charge on any atom is -0.495 e. The third kappa shape index (κ3) is 2.91. The number of hydrogen-bond donors (Lipinski definition) is 3. The molecule has 0 aliphatic carbocycles. The lowest BCUT2D eigenvalue weighted by molar-refractivity contribution is 0.415. The maximum Gasteiger partial charge on any atom is 0.241 e. The number of aromatic amines is 1. The zero-order valence-corrected chi connectivity index (χ0v) is 11.9. The van der Waals surface area contributed by atoms with Crippen molar-refractivity contribution in [2.24, 2.45) is 0 Å². The van der Waals surface area contributed by atoms with Crippen LogP contribution in [0.5, 0.6) is 5.75 Å². The number of aromatic nitrogens is 2. The van der Waals surface area contributed by atoms with Gasteiger partial charge in [0.15, 0.2) is 0 Å². The average Bonchev–Trinajstić information content (AvgIpc) is 2.92. The largest absolute Gasteiger partial charge is 0.495 e. The Morgan fingerprint density at radius 3 is 2.80 bits per heavy atom. The lowest BCUT2D eigenvalue weighted by Gasteiger charge is -2.13. The van der Waals surface area contributed by atoms with Crippen LogP contribution in [-0.2, 0) is 10.0 Å². The van der Waals surface area contributed by atoms with Crippen LogP contribution in [0.4, 0.5) is 5.69 Å². The number of nitrogens with one attached hydrogen (secondary N) is 2. The summed E-state index contributed by atoms with van der Waals surface area (Å²) in [5, 5.41) is 6.43. The normalized spacial score (nSPS) is 13.1. The first kappa shape index (κ1) is 14.4. The van der Waals surface area contributed by atoms with E-state index in [0.29, 0.717) is 11.4 Å². The van der Waals surface area contributed by atoms with Gasteiger partial charge in [-0.25, -0.2) is 13.1 Å². The highest BCUT2D eigenvalue weighted by molar-refractivity contribution is 7.89. The summed E-state index contributed by atoms with van der Waals surface area (Å²) < 4.78 is 32.1. The number of H-pyrrole nitrogens is 1. The summed E-state index contributed by atoms with van der Waals surface area (Å²) in [5.74, 6) is 0.323. The van der Waals surface area contributed by atoms with E-state index in [0.717, 1.165) is 5.56 Å². The number of sulfonamides is 1. The summed E-state index contributed by atoms with van der Waals surface area (Å²) in [4.78, 5) is 0.0962. The van der Waals surface area contributed by atoms with Crippen LogP contribution in [0.15, 0.2) is 35.5 Å². The van der Waals surface area contributed by atoms with Crippen LogP contribution in [0, 0.1) is 0 Å². The molecule has 8 heteroatoms. The van der Waals surface area contributed by atoms with Gasteiger partial charge in [-0.1, -0.05) is 0 Å². The van der Waals surface area contributed by atoms with Gasteiger partial charge in [-0.05, 0) is 19.1 Å². The second-order valence-electron chi connectivity index (χ2n) is 4.28. The quantitative estimate of drug-likeness (QED) is 0.714. The van der Waals surface area contributed by atoms with Crippen LogP contribution >= 0.6 is 0 Å². The smallest absolute Gasteiger partial charge is 0.241 e. The van der Waals surface area contributed by atoms with Crippen LogP contribution < -0.4 is 15.2 Å². The van der Waals surface area contributed by atoms with Crippen LogP contribution in [0.25, 0.3) is 0 Å². The molecule has 108 valence electrons. The molecule has 1 aromatic heterocycles. The van der Waals surface area contributed by atoms with Gasteiger partial charge >= 0.3 is 0 Å². The number of anilines is 1. The number of nitrogens with zero attached hydrogens (tertiary/aromatic N) is 1. The molecular weight excluding hydrogens is 280 g/mol. The van der Waals surface area contributed by atoms with Crippen LogP contribution in [0.3, 0.4) is 0 Å². The van der Waals surface area contributed by atoms with E-state index in [4.69, 9.17) is 10.5 Å². The van der Waals surface area contributed by atoms with Gasteiger partial charge in [0.05, 0.1) is 23.9 Å². The molecule has 1 atom stereocenters. The van der Waals surface area contributed by atoms with E-state index >= 15 is 0 Å². The highest BCUT2D eigenvalue weighted by atomic mass is 32.2. The molecule has 4 N–H and O–H groups in total. The fourth-order valence-corrected chi connectivity index (χ4v) is 2.97. The minimum absolute atomic E-state index is 0.0962. The molecule has 1 aromatic carbocycles. The minimum atomic E-state index is -3.66. The van der Waals surface area contributed by atoms with Gasteiger partial charge < -0.3 is 10.5 Å². The molecule has 0 aliphatic heterocycles. The summed E-state index contributed by atoms with van der Waals surface area (Å²) in [6.07, 6.45) is 3.20. The molecule has 1 unspecified atom stereocenters. The van der Waals surface area contributed by atoms with Gasteiger partial charge in [-0.15, -0.1) is 0 Å². The molecule has 0 aliphatic rings. The molecule has 20 heavy (non-hydrogen) atoms. The number of hydrogen-bond acceptors (Lipinski definition) is 5. The zero-order chi connectivity index (χ0) is 14.8. The molecular formula is C12H16N4O3S. The summed E-state index contributed by atoms with van der Waals surface area (Å²) in [6, 6.07) is 3.92. The van der Waals surface area contributed by atoms with Crippen molar-refractivity contribution < 1.29 is 13.2 Å². The lowest BCUT2D eigenvalue weighted by Crippen LogP contribution is -2.26. The predicted molar refractivity (Wildman–Crippen MR) is 74.7 cm³/mol. The highest BCUT2D eigenvalue weighted by Crippen LogP contribution is 2.25. The van der Waals surface area contributed by atoms with Crippen LogP contribution in [0.1, 0.15) is 18.5 Å². The van der Waals surface area contributed by atoms with Crippen molar-refractivity contribution in [1.82, 2.24) is 14.9 Å². The third-order valence-electron chi connectivity index (χ3n) is 2.87. The van der Waals surface area contributed by atoms with E-state index < -0.39 is 16.1 Å². The van der Waals surface area contributed by atoms with Crippen molar-refractivity contribution in [3.8, 4) is 5.75 Å². The summed E-state index contributed by atoms with van der Waals surface area (Å²) >= 11 is 0. The Labute approximate surface area is 117 Å². The van der Waals surface area contributed by atoms with E-state index in [-0.39, 0.29) is 4.90 Å². The van der Waals surface area contributed by atoms with E-state index in [2.05, 4.69) is 14.9 Å². The Hall–Kier alpha value is -2.06. The van der Waals surface area contributed by atoms with Gasteiger partial charge in [-0.2, -0.15) is 5.10 Å². The summed E-state index contributed by atoms with van der Waals surface area (Å²) in [7, 11) is -2.23. The van der Waals surface area contributed by atoms with Gasteiger partial charge in [0.25, 0.3) is 0 Å². The molecule has 0 amide bonds. The fraction of sp³-hybridized carbons (Fsp3) is 0.250. The van der Waals surface area contributed by atoms with Crippen molar-refractivity contribution in [1.29, 1.82) is 0 Å². The third-order valence-corrected chi connectivity index (χ3v) is 4.40. The number of benzene rings is 1. The summed E-state index contributed by atoms with van der Waals surface area (Å²) in [6.45, 7) is 1.73. The first-order valence-corrected chi connectivity index (χ1v) is 7.37. The van der Waals surface area contributed by atoms with E-state index in [1.165, 1.54) is 25.3 Å². The molecule has 0 fully saturated rings. The van der Waals surface area contributed by atoms with E-state index in [9.17, 15) is 8.42 Å². The van der Waals surface area contributed by atoms with Crippen LogP contribution in [0.2, 0.25) is 0 Å². The Balaban J connectivity index is 2.26. The van der Waals surface area contributed by atoms with Crippen molar-refractivity contribution in [2.45, 2.75) is 17.9 Å². The number of nitrogens with two attached hydrogens (primary N) is 1. The number of nitrogen functional groups attached to an aromatic ring is 1. The Bertz CT molecular complexity index is 683. The molecule has 1 heterocycles. The van der Waals surface area contributed by atoms with Crippen molar-refractivity contribution in [3.63, 3.8) is 0 Å². The fourth-order valence-electron chi connectivity index (χ4n) is 1.73. The van der Waals surface area contributed by atoms with Gasteiger partial charge in [0.2, 0.25) is 10.0 Å². The number of methoxy groups -OCH3 is 1. The van der Waals surface area contributed by atoms with E-state index in [1.54, 1.807) is 19.3 Å². The Morgan fingerprint density at radius 2 is 2.20 bits per heavy atom. The molecule has 0 bridgehead atoms.